The number of nitrogens with two attached hydrogens (primary N) is 2. The molecule has 0 amide bonds. The average Bonchev–Trinajstić information content (AvgIpc) is 2.67. The number of hydrogen-bond acceptors (Lipinski definition) is 6. The van der Waals surface area contributed by atoms with Crippen LogP contribution in [0.4, 0.5) is 22.7 Å². The second-order valence-electron chi connectivity index (χ2n) is 7.91. The summed E-state index contributed by atoms with van der Waals surface area (Å²) in [5.74, 6) is 0. The molecule has 0 saturated heterocycles. The SMILES string of the molecule is Cc1cc(N(C)C)c2cc(N)ccc2n1.Cc1cc(N(C)C)c2cc(N)ccc2n1.Cl. The first kappa shape index (κ1) is 24.0. The van der Waals surface area contributed by atoms with Crippen LogP contribution in [-0.4, -0.2) is 38.2 Å². The maximum absolute atomic E-state index is 5.78. The van der Waals surface area contributed by atoms with E-state index in [1.807, 2.05) is 78.4 Å². The lowest BCUT2D eigenvalue weighted by Gasteiger charge is -2.16. The first-order valence-electron chi connectivity index (χ1n) is 9.84. The molecule has 164 valence electrons. The lowest BCUT2D eigenvalue weighted by atomic mass is 10.1. The van der Waals surface area contributed by atoms with Gasteiger partial charge in [0.1, 0.15) is 0 Å². The standard InChI is InChI=1S/2C12H15N3.ClH/c2*1-8-6-12(15(2)3)10-7-9(13)4-5-11(10)14-8;/h2*4-7H,13H2,1-3H3;1H. The third-order valence-corrected chi connectivity index (χ3v) is 4.84. The van der Waals surface area contributed by atoms with Gasteiger partial charge in [-0.2, -0.15) is 0 Å². The van der Waals surface area contributed by atoms with Crippen LogP contribution in [0.2, 0.25) is 0 Å². The molecule has 0 bridgehead atoms. The second kappa shape index (κ2) is 9.71. The zero-order chi connectivity index (χ0) is 22.0. The summed E-state index contributed by atoms with van der Waals surface area (Å²) in [5.41, 5.74) is 19.5. The molecule has 0 saturated carbocycles. The Balaban J connectivity index is 0.000000213. The van der Waals surface area contributed by atoms with Gasteiger partial charge >= 0.3 is 0 Å². The van der Waals surface area contributed by atoms with Crippen molar-refractivity contribution in [1.82, 2.24) is 9.97 Å². The van der Waals surface area contributed by atoms with Crippen LogP contribution in [0.15, 0.2) is 48.5 Å². The van der Waals surface area contributed by atoms with Crippen LogP contribution < -0.4 is 21.3 Å². The molecule has 4 N–H and O–H groups in total. The lowest BCUT2D eigenvalue weighted by molar-refractivity contribution is 1.12. The first-order valence-corrected chi connectivity index (χ1v) is 9.84. The van der Waals surface area contributed by atoms with E-state index >= 15 is 0 Å². The number of anilines is 4. The summed E-state index contributed by atoms with van der Waals surface area (Å²) in [4.78, 5) is 13.1. The summed E-state index contributed by atoms with van der Waals surface area (Å²) in [6.45, 7) is 4.01. The van der Waals surface area contributed by atoms with Gasteiger partial charge in [-0.3, -0.25) is 9.97 Å². The number of nitrogen functional groups attached to an aromatic ring is 2. The molecule has 0 atom stereocenters. The van der Waals surface area contributed by atoms with Gasteiger partial charge in [-0.1, -0.05) is 0 Å². The van der Waals surface area contributed by atoms with Crippen molar-refractivity contribution < 1.29 is 0 Å². The van der Waals surface area contributed by atoms with Crippen LogP contribution in [0.25, 0.3) is 21.8 Å². The fourth-order valence-corrected chi connectivity index (χ4v) is 3.45. The predicted octanol–water partition coefficient (Wildman–Crippen LogP) is 4.80. The van der Waals surface area contributed by atoms with Crippen molar-refractivity contribution in [2.75, 3.05) is 49.5 Å². The van der Waals surface area contributed by atoms with Crippen LogP contribution in [0.3, 0.4) is 0 Å². The Bertz CT molecular complexity index is 1110. The van der Waals surface area contributed by atoms with E-state index in [9.17, 15) is 0 Å². The molecule has 0 spiro atoms. The maximum Gasteiger partial charge on any atom is 0.0727 e. The Morgan fingerprint density at radius 3 is 1.29 bits per heavy atom. The van der Waals surface area contributed by atoms with E-state index < -0.39 is 0 Å². The quantitative estimate of drug-likeness (QED) is 0.437. The number of aromatic nitrogens is 2. The number of halogens is 1. The number of rotatable bonds is 2. The number of nitrogens with zero attached hydrogens (tertiary/aromatic N) is 4. The zero-order valence-corrected chi connectivity index (χ0v) is 19.8. The Morgan fingerprint density at radius 1 is 0.613 bits per heavy atom. The first-order chi connectivity index (χ1) is 14.2. The molecule has 0 aliphatic carbocycles. The van der Waals surface area contributed by atoms with Gasteiger partial charge in [-0.15, -0.1) is 12.4 Å². The van der Waals surface area contributed by atoms with Crippen molar-refractivity contribution in [1.29, 1.82) is 0 Å². The van der Waals surface area contributed by atoms with Crippen LogP contribution in [0.5, 0.6) is 0 Å². The molecule has 0 aliphatic heterocycles. The van der Waals surface area contributed by atoms with Crippen LogP contribution in [-0.2, 0) is 0 Å². The minimum absolute atomic E-state index is 0. The molecule has 2 aromatic heterocycles. The molecule has 7 heteroatoms. The fourth-order valence-electron chi connectivity index (χ4n) is 3.45. The molecule has 2 heterocycles. The molecule has 31 heavy (non-hydrogen) atoms. The highest BCUT2D eigenvalue weighted by Crippen LogP contribution is 2.28. The maximum atomic E-state index is 5.78. The topological polar surface area (TPSA) is 84.3 Å². The van der Waals surface area contributed by atoms with E-state index in [1.165, 1.54) is 0 Å². The minimum Gasteiger partial charge on any atom is -0.399 e. The third-order valence-electron chi connectivity index (χ3n) is 4.84. The van der Waals surface area contributed by atoms with Gasteiger partial charge < -0.3 is 21.3 Å². The summed E-state index contributed by atoms with van der Waals surface area (Å²) in [6, 6.07) is 15.8. The summed E-state index contributed by atoms with van der Waals surface area (Å²) >= 11 is 0. The minimum atomic E-state index is 0. The number of fused-ring (bicyclic) bond motifs is 2. The molecular formula is C24H31ClN6. The molecule has 4 aromatic rings. The van der Waals surface area contributed by atoms with Crippen molar-refractivity contribution in [3.63, 3.8) is 0 Å². The normalized spacial score (nSPS) is 10.3. The van der Waals surface area contributed by atoms with Gasteiger partial charge in [0.25, 0.3) is 0 Å². The Labute approximate surface area is 190 Å². The largest absolute Gasteiger partial charge is 0.399 e. The Kier molecular flexibility index (Phi) is 7.52. The molecule has 0 aliphatic rings. The number of benzene rings is 2. The van der Waals surface area contributed by atoms with E-state index in [-0.39, 0.29) is 12.4 Å². The molecule has 6 nitrogen and oxygen atoms in total. The van der Waals surface area contributed by atoms with Crippen molar-refractivity contribution in [2.24, 2.45) is 0 Å². The Morgan fingerprint density at radius 2 is 0.968 bits per heavy atom. The van der Waals surface area contributed by atoms with Crippen LogP contribution in [0, 0.1) is 13.8 Å². The fraction of sp³-hybridized carbons (Fsp3) is 0.250. The molecule has 0 unspecified atom stereocenters. The van der Waals surface area contributed by atoms with Gasteiger partial charge in [0.15, 0.2) is 0 Å². The van der Waals surface area contributed by atoms with Gasteiger partial charge in [-0.05, 0) is 62.4 Å². The molecular weight excluding hydrogens is 408 g/mol. The van der Waals surface area contributed by atoms with Gasteiger partial charge in [0.05, 0.1) is 11.0 Å². The monoisotopic (exact) mass is 438 g/mol. The van der Waals surface area contributed by atoms with E-state index in [4.69, 9.17) is 11.5 Å². The van der Waals surface area contributed by atoms with Crippen molar-refractivity contribution in [2.45, 2.75) is 13.8 Å². The van der Waals surface area contributed by atoms with Crippen molar-refractivity contribution >= 4 is 57.0 Å². The van der Waals surface area contributed by atoms with E-state index in [2.05, 4.69) is 31.9 Å². The number of pyridine rings is 2. The second-order valence-corrected chi connectivity index (χ2v) is 7.91. The van der Waals surface area contributed by atoms with E-state index in [0.717, 1.165) is 55.9 Å². The summed E-state index contributed by atoms with van der Waals surface area (Å²) in [5, 5.41) is 2.20. The molecule has 0 radical (unpaired) electrons. The van der Waals surface area contributed by atoms with E-state index in [1.54, 1.807) is 0 Å². The van der Waals surface area contributed by atoms with Gasteiger partial charge in [-0.25, -0.2) is 0 Å². The van der Waals surface area contributed by atoms with E-state index in [0.29, 0.717) is 0 Å². The zero-order valence-electron chi connectivity index (χ0n) is 19.0. The lowest BCUT2D eigenvalue weighted by Crippen LogP contribution is -2.10. The van der Waals surface area contributed by atoms with Crippen molar-refractivity contribution in [3.8, 4) is 0 Å². The van der Waals surface area contributed by atoms with Gasteiger partial charge in [0, 0.05) is 73.1 Å². The highest BCUT2D eigenvalue weighted by atomic mass is 35.5. The highest BCUT2D eigenvalue weighted by Gasteiger charge is 2.06. The highest BCUT2D eigenvalue weighted by molar-refractivity contribution is 5.94. The number of hydrogen-bond donors (Lipinski definition) is 2. The molecule has 0 fully saturated rings. The summed E-state index contributed by atoms with van der Waals surface area (Å²) in [7, 11) is 8.10. The van der Waals surface area contributed by atoms with Gasteiger partial charge in [0.2, 0.25) is 0 Å². The van der Waals surface area contributed by atoms with Crippen LogP contribution in [0.1, 0.15) is 11.4 Å². The smallest absolute Gasteiger partial charge is 0.0727 e. The predicted molar refractivity (Wildman–Crippen MR) is 138 cm³/mol. The van der Waals surface area contributed by atoms with Crippen LogP contribution >= 0.6 is 12.4 Å². The average molecular weight is 439 g/mol. The number of aryl methyl sites for hydroxylation is 2. The third kappa shape index (κ3) is 5.47. The van der Waals surface area contributed by atoms with Crippen molar-refractivity contribution in [3.05, 3.63) is 59.9 Å². The summed E-state index contributed by atoms with van der Waals surface area (Å²) < 4.78 is 0. The Hall–Kier alpha value is -3.25. The molecule has 2 aromatic carbocycles. The summed E-state index contributed by atoms with van der Waals surface area (Å²) in [6.07, 6.45) is 0. The molecule has 4 rings (SSSR count).